The zero-order valence-corrected chi connectivity index (χ0v) is 17.8. The predicted molar refractivity (Wildman–Crippen MR) is 109 cm³/mol. The summed E-state index contributed by atoms with van der Waals surface area (Å²) in [6, 6.07) is 5.04. The second-order valence-electron chi connectivity index (χ2n) is 5.83. The van der Waals surface area contributed by atoms with Crippen LogP contribution in [0.3, 0.4) is 0 Å². The summed E-state index contributed by atoms with van der Waals surface area (Å²) in [6.07, 6.45) is 1.57. The molecule has 7 nitrogen and oxygen atoms in total. The number of aromatic nitrogens is 1. The molecule has 1 aliphatic heterocycles. The summed E-state index contributed by atoms with van der Waals surface area (Å²) < 4.78 is 37.8. The van der Waals surface area contributed by atoms with Crippen molar-refractivity contribution in [1.29, 1.82) is 0 Å². The molecule has 4 heterocycles. The highest BCUT2D eigenvalue weighted by Gasteiger charge is 2.31. The van der Waals surface area contributed by atoms with Crippen LogP contribution in [0.25, 0.3) is 10.8 Å². The average Bonchev–Trinajstić information content (AvgIpc) is 3.48. The number of thioether (sulfide) groups is 1. The highest BCUT2D eigenvalue weighted by molar-refractivity contribution is 7.99. The van der Waals surface area contributed by atoms with Crippen molar-refractivity contribution in [3.63, 3.8) is 0 Å². The first kappa shape index (κ1) is 19.6. The van der Waals surface area contributed by atoms with Gasteiger partial charge in [0.05, 0.1) is 12.0 Å². The first-order chi connectivity index (χ1) is 13.6. The molecule has 0 atom stereocenters. The molecular weight excluding hydrogens is 440 g/mol. The molecule has 1 aliphatic rings. The Morgan fingerprint density at radius 3 is 2.82 bits per heavy atom. The third-order valence-corrected chi connectivity index (χ3v) is 8.85. The van der Waals surface area contributed by atoms with Crippen molar-refractivity contribution in [3.8, 4) is 10.8 Å². The van der Waals surface area contributed by atoms with Crippen molar-refractivity contribution in [1.82, 2.24) is 9.29 Å². The molecular formula is C17H16N2O5S4. The van der Waals surface area contributed by atoms with Crippen LogP contribution in [0.15, 0.2) is 44.5 Å². The van der Waals surface area contributed by atoms with Gasteiger partial charge in [-0.3, -0.25) is 0 Å². The van der Waals surface area contributed by atoms with Gasteiger partial charge in [-0.1, -0.05) is 0 Å². The first-order valence-electron chi connectivity index (χ1n) is 8.36. The number of carbonyl (C=O) groups excluding carboxylic acids is 1. The number of thiophene rings is 1. The summed E-state index contributed by atoms with van der Waals surface area (Å²) in [5.74, 6) is 1.50. The molecule has 0 saturated carbocycles. The summed E-state index contributed by atoms with van der Waals surface area (Å²) in [7, 11) is -3.70. The van der Waals surface area contributed by atoms with E-state index in [1.807, 2.05) is 0 Å². The van der Waals surface area contributed by atoms with Crippen LogP contribution in [-0.4, -0.2) is 48.3 Å². The van der Waals surface area contributed by atoms with Gasteiger partial charge in [-0.2, -0.15) is 16.1 Å². The van der Waals surface area contributed by atoms with Crippen LogP contribution in [0.4, 0.5) is 0 Å². The van der Waals surface area contributed by atoms with Gasteiger partial charge in [0.15, 0.2) is 10.8 Å². The highest BCUT2D eigenvalue weighted by atomic mass is 32.2. The van der Waals surface area contributed by atoms with Crippen molar-refractivity contribution >= 4 is 50.4 Å². The molecule has 28 heavy (non-hydrogen) atoms. The van der Waals surface area contributed by atoms with Crippen molar-refractivity contribution in [3.05, 3.63) is 45.8 Å². The van der Waals surface area contributed by atoms with Crippen LogP contribution in [0, 0.1) is 0 Å². The lowest BCUT2D eigenvalue weighted by Crippen LogP contribution is -2.38. The summed E-state index contributed by atoms with van der Waals surface area (Å²) in [4.78, 5) is 17.0. The van der Waals surface area contributed by atoms with E-state index in [1.54, 1.807) is 40.9 Å². The average molecular weight is 457 g/mol. The third-order valence-electron chi connectivity index (χ3n) is 4.04. The molecule has 1 fully saturated rings. The maximum atomic E-state index is 12.9. The van der Waals surface area contributed by atoms with Crippen molar-refractivity contribution in [2.45, 2.75) is 11.5 Å². The van der Waals surface area contributed by atoms with E-state index in [0.29, 0.717) is 29.6 Å². The fourth-order valence-electron chi connectivity index (χ4n) is 2.67. The second kappa shape index (κ2) is 8.37. The van der Waals surface area contributed by atoms with Crippen LogP contribution >= 0.6 is 34.4 Å². The number of furan rings is 1. The monoisotopic (exact) mass is 456 g/mol. The van der Waals surface area contributed by atoms with E-state index in [0.717, 1.165) is 22.8 Å². The Bertz CT molecular complexity index is 1050. The SMILES string of the molecule is O=C(OCc1csc(-c2ccco2)n1)c1sccc1S(=O)(=O)N1CCSCC1. The lowest BCUT2D eigenvalue weighted by molar-refractivity contribution is 0.0470. The van der Waals surface area contributed by atoms with Crippen molar-refractivity contribution in [2.75, 3.05) is 24.6 Å². The Hall–Kier alpha value is -1.66. The van der Waals surface area contributed by atoms with E-state index in [4.69, 9.17) is 9.15 Å². The summed E-state index contributed by atoms with van der Waals surface area (Å²) in [5, 5.41) is 4.07. The molecule has 0 aromatic carbocycles. The van der Waals surface area contributed by atoms with Gasteiger partial charge in [0.25, 0.3) is 0 Å². The molecule has 0 aliphatic carbocycles. The number of ether oxygens (including phenoxy) is 1. The van der Waals surface area contributed by atoms with E-state index in [2.05, 4.69) is 4.98 Å². The minimum absolute atomic E-state index is 0.0175. The summed E-state index contributed by atoms with van der Waals surface area (Å²) in [6.45, 7) is 0.866. The standard InChI is InChI=1S/C17H16N2O5S4/c20-17(24-10-12-11-27-16(18-12)13-2-1-6-23-13)15-14(3-7-26-15)28(21,22)19-4-8-25-9-5-19/h1-3,6-7,11H,4-5,8-10H2. The minimum atomic E-state index is -3.70. The first-order valence-corrected chi connectivity index (χ1v) is 12.7. The summed E-state index contributed by atoms with van der Waals surface area (Å²) >= 11 is 4.17. The molecule has 3 aromatic rings. The molecule has 0 radical (unpaired) electrons. The lowest BCUT2D eigenvalue weighted by Gasteiger charge is -2.25. The number of hydrogen-bond donors (Lipinski definition) is 0. The van der Waals surface area contributed by atoms with Crippen LogP contribution in [0.2, 0.25) is 0 Å². The highest BCUT2D eigenvalue weighted by Crippen LogP contribution is 2.28. The van der Waals surface area contributed by atoms with E-state index in [-0.39, 0.29) is 16.4 Å². The molecule has 0 unspecified atom stereocenters. The Kier molecular flexibility index (Phi) is 5.88. The number of nitrogens with zero attached hydrogens (tertiary/aromatic N) is 2. The van der Waals surface area contributed by atoms with Crippen molar-refractivity contribution in [2.24, 2.45) is 0 Å². The smallest absolute Gasteiger partial charge is 0.350 e. The zero-order chi connectivity index (χ0) is 19.6. The van der Waals surface area contributed by atoms with E-state index in [1.165, 1.54) is 21.7 Å². The molecule has 0 N–H and O–H groups in total. The van der Waals surface area contributed by atoms with Crippen LogP contribution in [0.1, 0.15) is 15.4 Å². The van der Waals surface area contributed by atoms with Gasteiger partial charge >= 0.3 is 5.97 Å². The number of carbonyl (C=O) groups is 1. The van der Waals surface area contributed by atoms with E-state index in [9.17, 15) is 13.2 Å². The van der Waals surface area contributed by atoms with Gasteiger partial charge in [-0.15, -0.1) is 22.7 Å². The molecule has 3 aromatic heterocycles. The maximum Gasteiger partial charge on any atom is 0.350 e. The molecule has 11 heteroatoms. The number of hydrogen-bond acceptors (Lipinski definition) is 9. The van der Waals surface area contributed by atoms with E-state index >= 15 is 0 Å². The molecule has 0 amide bonds. The predicted octanol–water partition coefficient (Wildman–Crippen LogP) is 3.56. The fraction of sp³-hybridized carbons (Fsp3) is 0.294. The number of rotatable bonds is 6. The Morgan fingerprint density at radius 2 is 2.07 bits per heavy atom. The second-order valence-corrected chi connectivity index (χ2v) is 10.7. The van der Waals surface area contributed by atoms with Gasteiger partial charge in [-0.05, 0) is 23.6 Å². The Morgan fingerprint density at radius 1 is 1.25 bits per heavy atom. The Labute approximate surface area is 174 Å². The van der Waals surface area contributed by atoms with Crippen LogP contribution < -0.4 is 0 Å². The minimum Gasteiger partial charge on any atom is -0.462 e. The molecule has 4 rings (SSSR count). The van der Waals surface area contributed by atoms with Crippen LogP contribution in [-0.2, 0) is 21.4 Å². The molecule has 148 valence electrons. The van der Waals surface area contributed by atoms with Crippen LogP contribution in [0.5, 0.6) is 0 Å². The maximum absolute atomic E-state index is 12.9. The van der Waals surface area contributed by atoms with Gasteiger partial charge in [0.1, 0.15) is 16.4 Å². The topological polar surface area (TPSA) is 89.7 Å². The number of thiazole rings is 1. The third kappa shape index (κ3) is 4.03. The van der Waals surface area contributed by atoms with E-state index < -0.39 is 16.0 Å². The number of esters is 1. The quantitative estimate of drug-likeness (QED) is 0.524. The lowest BCUT2D eigenvalue weighted by atomic mass is 10.4. The summed E-state index contributed by atoms with van der Waals surface area (Å²) in [5.41, 5.74) is 0.582. The zero-order valence-electron chi connectivity index (χ0n) is 14.6. The molecule has 1 saturated heterocycles. The van der Waals surface area contributed by atoms with Gasteiger partial charge in [-0.25, -0.2) is 18.2 Å². The largest absolute Gasteiger partial charge is 0.462 e. The fourth-order valence-corrected chi connectivity index (χ4v) is 7.30. The normalized spacial score (nSPS) is 15.6. The Balaban J connectivity index is 1.45. The molecule has 0 bridgehead atoms. The number of sulfonamides is 1. The van der Waals surface area contributed by atoms with Gasteiger partial charge < -0.3 is 9.15 Å². The van der Waals surface area contributed by atoms with Crippen molar-refractivity contribution < 1.29 is 22.4 Å². The van der Waals surface area contributed by atoms with Gasteiger partial charge in [0, 0.05) is 30.0 Å². The van der Waals surface area contributed by atoms with Gasteiger partial charge in [0.2, 0.25) is 10.0 Å². The molecule has 0 spiro atoms.